The van der Waals surface area contributed by atoms with E-state index >= 15 is 0 Å². The number of para-hydroxylation sites is 1. The van der Waals surface area contributed by atoms with Gasteiger partial charge in [0.05, 0.1) is 21.5 Å². The second-order valence-electron chi connectivity index (χ2n) is 2.93. The van der Waals surface area contributed by atoms with Crippen molar-refractivity contribution in [1.29, 1.82) is 0 Å². The molecular weight excluding hydrogens is 234 g/mol. The maximum atomic E-state index is 9.19. The van der Waals surface area contributed by atoms with Crippen LogP contribution in [0.25, 0.3) is 10.2 Å². The van der Waals surface area contributed by atoms with Gasteiger partial charge >= 0.3 is 0 Å². The Morgan fingerprint density at radius 3 is 2.40 bits per heavy atom. The Bertz CT molecular complexity index is 504. The van der Waals surface area contributed by atoms with Crippen LogP contribution in [0.15, 0.2) is 24.3 Å². The van der Waals surface area contributed by atoms with Crippen LogP contribution in [0.5, 0.6) is 0 Å². The van der Waals surface area contributed by atoms with Crippen molar-refractivity contribution in [1.82, 2.24) is 4.98 Å². The zero-order valence-electron chi connectivity index (χ0n) is 8.34. The van der Waals surface area contributed by atoms with Gasteiger partial charge in [0.15, 0.2) is 0 Å². The van der Waals surface area contributed by atoms with Crippen LogP contribution < -0.4 is 0 Å². The molecule has 0 amide bonds. The lowest BCUT2D eigenvalue weighted by Crippen LogP contribution is -1.88. The lowest BCUT2D eigenvalue weighted by atomic mass is 10.3. The van der Waals surface area contributed by atoms with Crippen molar-refractivity contribution in [2.24, 2.45) is 0 Å². The van der Waals surface area contributed by atoms with Crippen molar-refractivity contribution in [2.75, 3.05) is 6.26 Å². The number of thiazole rings is 1. The Hall–Kier alpha value is -0.980. The van der Waals surface area contributed by atoms with E-state index < -0.39 is 10.1 Å². The summed E-state index contributed by atoms with van der Waals surface area (Å²) in [4.78, 5) is 4.33. The first kappa shape index (κ1) is 12.1. The number of aryl methyl sites for hydroxylation is 1. The molecule has 0 aliphatic heterocycles. The van der Waals surface area contributed by atoms with Crippen LogP contribution in [0.2, 0.25) is 0 Å². The first-order valence-electron chi connectivity index (χ1n) is 4.11. The zero-order valence-corrected chi connectivity index (χ0v) is 9.97. The fraction of sp³-hybridized carbons (Fsp3) is 0.222. The molecule has 0 bridgehead atoms. The second kappa shape index (κ2) is 4.69. The molecule has 2 aromatic rings. The molecule has 1 heterocycles. The Morgan fingerprint density at radius 2 is 1.87 bits per heavy atom. The van der Waals surface area contributed by atoms with Crippen molar-refractivity contribution in [3.05, 3.63) is 29.3 Å². The first-order valence-corrected chi connectivity index (χ1v) is 6.77. The average Bonchev–Trinajstić information content (AvgIpc) is 2.40. The van der Waals surface area contributed by atoms with Gasteiger partial charge in [-0.15, -0.1) is 11.3 Å². The highest BCUT2D eigenvalue weighted by atomic mass is 32.2. The number of nitrogens with zero attached hydrogens (tertiary/aromatic N) is 1. The normalized spacial score (nSPS) is 10.9. The van der Waals surface area contributed by atoms with E-state index in [9.17, 15) is 8.42 Å². The predicted molar refractivity (Wildman–Crippen MR) is 61.8 cm³/mol. The molecular formula is C9H11NO3S2. The first-order chi connectivity index (χ1) is 6.86. The highest BCUT2D eigenvalue weighted by molar-refractivity contribution is 7.85. The zero-order chi connectivity index (χ0) is 11.5. The molecule has 0 atom stereocenters. The number of rotatable bonds is 0. The molecule has 15 heavy (non-hydrogen) atoms. The van der Waals surface area contributed by atoms with E-state index in [0.29, 0.717) is 6.26 Å². The summed E-state index contributed by atoms with van der Waals surface area (Å²) in [6.45, 7) is 2.03. The lowest BCUT2D eigenvalue weighted by Gasteiger charge is -1.80. The van der Waals surface area contributed by atoms with Crippen molar-refractivity contribution in [3.8, 4) is 0 Å². The molecule has 0 unspecified atom stereocenters. The van der Waals surface area contributed by atoms with Gasteiger partial charge in [-0.1, -0.05) is 12.1 Å². The number of fused-ring (bicyclic) bond motifs is 1. The average molecular weight is 245 g/mol. The largest absolute Gasteiger partial charge is 0.286 e. The van der Waals surface area contributed by atoms with Crippen molar-refractivity contribution >= 4 is 31.7 Å². The van der Waals surface area contributed by atoms with E-state index in [-0.39, 0.29) is 0 Å². The molecule has 1 aromatic heterocycles. The van der Waals surface area contributed by atoms with E-state index in [2.05, 4.69) is 11.1 Å². The third kappa shape index (κ3) is 4.87. The molecule has 0 spiro atoms. The number of hydrogen-bond donors (Lipinski definition) is 1. The predicted octanol–water partition coefficient (Wildman–Crippen LogP) is 2.11. The van der Waals surface area contributed by atoms with Gasteiger partial charge in [-0.3, -0.25) is 4.55 Å². The fourth-order valence-electron chi connectivity index (χ4n) is 0.987. The van der Waals surface area contributed by atoms with Crippen LogP contribution >= 0.6 is 11.3 Å². The number of hydrogen-bond acceptors (Lipinski definition) is 4. The van der Waals surface area contributed by atoms with E-state index in [1.165, 1.54) is 4.70 Å². The Kier molecular flexibility index (Phi) is 3.78. The van der Waals surface area contributed by atoms with Crippen LogP contribution in [0.3, 0.4) is 0 Å². The van der Waals surface area contributed by atoms with Crippen molar-refractivity contribution in [3.63, 3.8) is 0 Å². The van der Waals surface area contributed by atoms with Crippen molar-refractivity contribution < 1.29 is 13.0 Å². The van der Waals surface area contributed by atoms with E-state index in [1.807, 2.05) is 25.1 Å². The van der Waals surface area contributed by atoms with E-state index in [0.717, 1.165) is 10.5 Å². The van der Waals surface area contributed by atoms with Crippen LogP contribution in [-0.2, 0) is 10.1 Å². The van der Waals surface area contributed by atoms with Gasteiger partial charge in [0, 0.05) is 0 Å². The number of aromatic nitrogens is 1. The summed E-state index contributed by atoms with van der Waals surface area (Å²) >= 11 is 1.74. The minimum absolute atomic E-state index is 0.715. The molecule has 0 saturated heterocycles. The SMILES string of the molecule is CS(=O)(=O)O.Cc1nc2ccccc2s1. The van der Waals surface area contributed by atoms with Gasteiger partial charge in [-0.2, -0.15) is 8.42 Å². The monoisotopic (exact) mass is 245 g/mol. The summed E-state index contributed by atoms with van der Waals surface area (Å²) in [6, 6.07) is 8.19. The van der Waals surface area contributed by atoms with Crippen molar-refractivity contribution in [2.45, 2.75) is 6.92 Å². The summed E-state index contributed by atoms with van der Waals surface area (Å²) in [5.74, 6) is 0. The summed E-state index contributed by atoms with van der Waals surface area (Å²) < 4.78 is 27.1. The van der Waals surface area contributed by atoms with Gasteiger partial charge < -0.3 is 0 Å². The lowest BCUT2D eigenvalue weighted by molar-refractivity contribution is 0.490. The third-order valence-electron chi connectivity index (χ3n) is 1.40. The molecule has 1 aromatic carbocycles. The van der Waals surface area contributed by atoms with Crippen LogP contribution in [0.1, 0.15) is 5.01 Å². The molecule has 1 N–H and O–H groups in total. The molecule has 6 heteroatoms. The summed E-state index contributed by atoms with van der Waals surface area (Å²) in [5.41, 5.74) is 1.12. The van der Waals surface area contributed by atoms with Crippen LogP contribution in [0, 0.1) is 6.92 Å². The number of benzene rings is 1. The van der Waals surface area contributed by atoms with E-state index in [1.54, 1.807) is 11.3 Å². The maximum absolute atomic E-state index is 9.19. The molecule has 2 rings (SSSR count). The standard InChI is InChI=1S/C8H7NS.CH4O3S/c1-6-9-7-4-2-3-5-8(7)10-6;1-5(2,3)4/h2-5H,1H3;1H3,(H,2,3,4). The quantitative estimate of drug-likeness (QED) is 0.722. The molecule has 4 nitrogen and oxygen atoms in total. The summed E-state index contributed by atoms with van der Waals surface area (Å²) in [5, 5.41) is 1.14. The van der Waals surface area contributed by atoms with E-state index in [4.69, 9.17) is 4.55 Å². The maximum Gasteiger partial charge on any atom is 0.261 e. The molecule has 0 saturated carbocycles. The highest BCUT2D eigenvalue weighted by Gasteiger charge is 1.95. The van der Waals surface area contributed by atoms with Gasteiger partial charge in [0.25, 0.3) is 10.1 Å². The van der Waals surface area contributed by atoms with Gasteiger partial charge in [0.2, 0.25) is 0 Å². The van der Waals surface area contributed by atoms with Gasteiger partial charge in [-0.25, -0.2) is 4.98 Å². The van der Waals surface area contributed by atoms with Gasteiger partial charge in [-0.05, 0) is 19.1 Å². The Morgan fingerprint density at radius 1 is 1.33 bits per heavy atom. The fourth-order valence-corrected chi connectivity index (χ4v) is 1.81. The topological polar surface area (TPSA) is 67.3 Å². The molecule has 0 aliphatic carbocycles. The molecule has 0 fully saturated rings. The smallest absolute Gasteiger partial charge is 0.261 e. The molecule has 82 valence electrons. The van der Waals surface area contributed by atoms with Crippen LogP contribution in [-0.4, -0.2) is 24.2 Å². The Balaban J connectivity index is 0.000000195. The van der Waals surface area contributed by atoms with Gasteiger partial charge in [0.1, 0.15) is 0 Å². The second-order valence-corrected chi connectivity index (χ2v) is 5.63. The third-order valence-corrected chi connectivity index (χ3v) is 2.35. The molecule has 0 radical (unpaired) electrons. The van der Waals surface area contributed by atoms with Crippen LogP contribution in [0.4, 0.5) is 0 Å². The Labute approximate surface area is 92.3 Å². The highest BCUT2D eigenvalue weighted by Crippen LogP contribution is 2.19. The molecule has 0 aliphatic rings. The minimum atomic E-state index is -3.67. The summed E-state index contributed by atoms with van der Waals surface area (Å²) in [7, 11) is -3.67. The minimum Gasteiger partial charge on any atom is -0.286 e. The summed E-state index contributed by atoms with van der Waals surface area (Å²) in [6.07, 6.45) is 0.715.